The van der Waals surface area contributed by atoms with Crippen molar-refractivity contribution in [3.63, 3.8) is 0 Å². The molecule has 0 aromatic rings. The van der Waals surface area contributed by atoms with Crippen molar-refractivity contribution in [2.24, 2.45) is 11.8 Å². The summed E-state index contributed by atoms with van der Waals surface area (Å²) in [6.45, 7) is 11.0. The van der Waals surface area contributed by atoms with Crippen LogP contribution >= 0.6 is 0 Å². The third-order valence-electron chi connectivity index (χ3n) is 7.38. The minimum absolute atomic E-state index is 0.105. The zero-order valence-corrected chi connectivity index (χ0v) is 15.9. The monoisotopic (exact) mass is 376 g/mol. The van der Waals surface area contributed by atoms with Crippen molar-refractivity contribution in [2.75, 3.05) is 0 Å². The predicted molar refractivity (Wildman–Crippen MR) is 91.4 cm³/mol. The van der Waals surface area contributed by atoms with Crippen molar-refractivity contribution in [2.45, 2.75) is 75.3 Å². The van der Waals surface area contributed by atoms with E-state index >= 15 is 0 Å². The first-order valence-electron chi connectivity index (χ1n) is 9.40. The number of hydrogen-bond donors (Lipinski definition) is 1. The summed E-state index contributed by atoms with van der Waals surface area (Å²) in [4.78, 5) is 24.8. The molecule has 3 saturated heterocycles. The Hall–Kier alpha value is -1.70. The molecule has 1 spiro atoms. The van der Waals surface area contributed by atoms with Gasteiger partial charge in [-0.25, -0.2) is 9.59 Å². The van der Waals surface area contributed by atoms with Crippen LogP contribution in [0.1, 0.15) is 34.1 Å². The first kappa shape index (κ1) is 17.4. The fraction of sp³-hybridized carbons (Fsp3) is 0.700. The number of aliphatic hydroxyl groups is 1. The Labute approximate surface area is 157 Å². The van der Waals surface area contributed by atoms with Gasteiger partial charge in [0.2, 0.25) is 0 Å². The molecular weight excluding hydrogens is 352 g/mol. The molecule has 2 aliphatic carbocycles. The first-order chi connectivity index (χ1) is 12.6. The molecule has 0 bridgehead atoms. The lowest BCUT2D eigenvalue weighted by Crippen LogP contribution is -2.53. The maximum atomic E-state index is 12.4. The molecule has 0 radical (unpaired) electrons. The summed E-state index contributed by atoms with van der Waals surface area (Å²) in [6.07, 6.45) is 0.121. The highest BCUT2D eigenvalue weighted by Gasteiger charge is 2.93. The lowest BCUT2D eigenvalue weighted by molar-refractivity contribution is -0.150. The summed E-state index contributed by atoms with van der Waals surface area (Å²) in [5.41, 5.74) is -1.89. The van der Waals surface area contributed by atoms with E-state index in [4.69, 9.17) is 18.9 Å². The van der Waals surface area contributed by atoms with E-state index in [0.717, 1.165) is 0 Å². The van der Waals surface area contributed by atoms with E-state index in [1.807, 2.05) is 6.92 Å². The smallest absolute Gasteiger partial charge is 0.334 e. The number of rotatable bonds is 2. The number of hydrogen-bond acceptors (Lipinski definition) is 7. The van der Waals surface area contributed by atoms with E-state index in [-0.39, 0.29) is 30.1 Å². The Kier molecular flexibility index (Phi) is 3.11. The number of epoxide rings is 2. The minimum Gasteiger partial charge on any atom is -0.458 e. The molecule has 2 saturated carbocycles. The van der Waals surface area contributed by atoms with E-state index < -0.39 is 46.9 Å². The van der Waals surface area contributed by atoms with Crippen molar-refractivity contribution in [1.29, 1.82) is 0 Å². The Bertz CT molecular complexity index is 813. The van der Waals surface area contributed by atoms with Crippen LogP contribution in [0.15, 0.2) is 23.8 Å². The molecule has 3 aliphatic heterocycles. The Morgan fingerprint density at radius 1 is 1.33 bits per heavy atom. The van der Waals surface area contributed by atoms with Crippen LogP contribution in [0.25, 0.3) is 0 Å². The summed E-state index contributed by atoms with van der Waals surface area (Å²) in [5, 5.41) is 11.4. The third kappa shape index (κ3) is 1.87. The molecule has 5 rings (SSSR count). The average Bonchev–Trinajstić information content (AvgIpc) is 3.45. The molecule has 0 amide bonds. The topological polar surface area (TPSA) is 97.9 Å². The Morgan fingerprint density at radius 3 is 2.70 bits per heavy atom. The molecule has 5 aliphatic rings. The predicted octanol–water partition coefficient (Wildman–Crippen LogP) is 1.04. The molecule has 7 heteroatoms. The van der Waals surface area contributed by atoms with Gasteiger partial charge in [0.1, 0.15) is 35.6 Å². The molecule has 0 aromatic heterocycles. The maximum Gasteiger partial charge on any atom is 0.334 e. The third-order valence-corrected chi connectivity index (χ3v) is 7.38. The van der Waals surface area contributed by atoms with E-state index in [1.54, 1.807) is 26.8 Å². The highest BCUT2D eigenvalue weighted by Crippen LogP contribution is 2.75. The number of carbonyl (C=O) groups is 2. The minimum atomic E-state index is -1.26. The molecule has 0 aromatic carbocycles. The lowest BCUT2D eigenvalue weighted by Gasteiger charge is -2.36. The van der Waals surface area contributed by atoms with E-state index in [1.165, 1.54) is 0 Å². The van der Waals surface area contributed by atoms with Gasteiger partial charge < -0.3 is 24.1 Å². The highest BCUT2D eigenvalue weighted by molar-refractivity contribution is 5.92. The van der Waals surface area contributed by atoms with Crippen molar-refractivity contribution in [3.8, 4) is 0 Å². The summed E-state index contributed by atoms with van der Waals surface area (Å²) in [6, 6.07) is 0. The van der Waals surface area contributed by atoms with Gasteiger partial charge in [0.05, 0.1) is 17.4 Å². The van der Waals surface area contributed by atoms with Gasteiger partial charge in [0.25, 0.3) is 0 Å². The summed E-state index contributed by atoms with van der Waals surface area (Å²) >= 11 is 0. The number of esters is 2. The van der Waals surface area contributed by atoms with Crippen molar-refractivity contribution >= 4 is 11.9 Å². The first-order valence-corrected chi connectivity index (χ1v) is 9.40. The van der Waals surface area contributed by atoms with E-state index in [0.29, 0.717) is 5.57 Å². The zero-order chi connectivity index (χ0) is 19.5. The molecule has 3 heterocycles. The van der Waals surface area contributed by atoms with Gasteiger partial charge in [-0.05, 0) is 27.7 Å². The Balaban J connectivity index is 1.58. The van der Waals surface area contributed by atoms with Crippen molar-refractivity contribution in [3.05, 3.63) is 23.8 Å². The lowest BCUT2D eigenvalue weighted by atomic mass is 9.74. The molecular formula is C20H24O7. The molecule has 9 atom stereocenters. The van der Waals surface area contributed by atoms with Crippen molar-refractivity contribution < 1.29 is 33.6 Å². The van der Waals surface area contributed by atoms with Crippen LogP contribution in [0.3, 0.4) is 0 Å². The van der Waals surface area contributed by atoms with E-state index in [2.05, 4.69) is 6.58 Å². The molecule has 7 nitrogen and oxygen atoms in total. The summed E-state index contributed by atoms with van der Waals surface area (Å²) in [7, 11) is 0. The van der Waals surface area contributed by atoms with Crippen LogP contribution < -0.4 is 0 Å². The van der Waals surface area contributed by atoms with Crippen LogP contribution in [0.2, 0.25) is 0 Å². The second kappa shape index (κ2) is 4.82. The molecule has 146 valence electrons. The molecule has 5 fully saturated rings. The second-order valence-corrected chi connectivity index (χ2v) is 8.85. The quantitative estimate of drug-likeness (QED) is 0.437. The van der Waals surface area contributed by atoms with Crippen LogP contribution in [-0.2, 0) is 28.5 Å². The standard InChI is InChI=1S/C20H24O7/c1-6-8(2)16(21)24-10-7-18(4,23)20-13(12-11(10)9(3)17(22)25-12)19(5)14(26-19)15(20)27-20/h6,10-15,23H,3,7H2,1-2,4-5H3/b8-6+/t10-,11-,12+,13+,14-,15+,18-,19+,20-/m1/s1. The molecule has 27 heavy (non-hydrogen) atoms. The largest absolute Gasteiger partial charge is 0.458 e. The van der Waals surface area contributed by atoms with Gasteiger partial charge in [-0.2, -0.15) is 0 Å². The second-order valence-electron chi connectivity index (χ2n) is 8.85. The van der Waals surface area contributed by atoms with E-state index in [9.17, 15) is 14.7 Å². The molecule has 1 N–H and O–H groups in total. The zero-order valence-electron chi connectivity index (χ0n) is 15.9. The summed E-state index contributed by atoms with van der Waals surface area (Å²) in [5.74, 6) is -1.84. The van der Waals surface area contributed by atoms with Gasteiger partial charge in [0, 0.05) is 17.6 Å². The van der Waals surface area contributed by atoms with Gasteiger partial charge >= 0.3 is 11.9 Å². The van der Waals surface area contributed by atoms with Crippen molar-refractivity contribution in [1.82, 2.24) is 0 Å². The van der Waals surface area contributed by atoms with Crippen LogP contribution in [0.5, 0.6) is 0 Å². The number of allylic oxidation sites excluding steroid dienone is 1. The fourth-order valence-corrected chi connectivity index (χ4v) is 5.79. The van der Waals surface area contributed by atoms with Gasteiger partial charge in [0.15, 0.2) is 0 Å². The number of carbonyl (C=O) groups excluding carboxylic acids is 2. The van der Waals surface area contributed by atoms with Crippen LogP contribution in [-0.4, -0.2) is 58.3 Å². The molecule has 0 unspecified atom stereocenters. The SMILES string of the molecule is C=C1C(=O)O[C@H]2[C@H]1[C@H](OC(=O)/C(C)=C/C)C[C@@](C)(O)[C@]13O[C@H]1[C@H]1O[C@@]1(C)[C@H]23. The van der Waals surface area contributed by atoms with Crippen LogP contribution in [0, 0.1) is 11.8 Å². The number of ether oxygens (including phenoxy) is 4. The number of fused-ring (bicyclic) bond motifs is 5. The normalized spacial score (nSPS) is 54.9. The fourth-order valence-electron chi connectivity index (χ4n) is 5.79. The highest BCUT2D eigenvalue weighted by atomic mass is 16.7. The van der Waals surface area contributed by atoms with Crippen LogP contribution in [0.4, 0.5) is 0 Å². The van der Waals surface area contributed by atoms with Gasteiger partial charge in [-0.15, -0.1) is 0 Å². The maximum absolute atomic E-state index is 12.4. The average molecular weight is 376 g/mol. The van der Waals surface area contributed by atoms with Gasteiger partial charge in [-0.3, -0.25) is 0 Å². The summed E-state index contributed by atoms with van der Waals surface area (Å²) < 4.78 is 23.3. The Morgan fingerprint density at radius 2 is 2.04 bits per heavy atom. The van der Waals surface area contributed by atoms with Gasteiger partial charge in [-0.1, -0.05) is 12.7 Å².